The van der Waals surface area contributed by atoms with Crippen LogP contribution in [0, 0.1) is 58.5 Å². The number of nitriles is 4. The number of rotatable bonds is 3. The standard InChI is InChI=1S/C43H17F3N8/c1-51-29-6-11-34-32-8-3-24(20-47)13-37(32)53(41(34)18-29)39-16-26(31-10-5-28(43(44,45)46)15-27(31)22-49)17-40(36(39)23-50)54-38-14-25(21-48)4-9-33(38)35-12-7-30(52-2)19-42(35)54/h3-19H. The van der Waals surface area contributed by atoms with E-state index in [2.05, 4.69) is 27.9 Å². The van der Waals surface area contributed by atoms with E-state index in [9.17, 15) is 34.2 Å². The third kappa shape index (κ3) is 4.95. The molecule has 0 saturated heterocycles. The Balaban J connectivity index is 1.61. The SMILES string of the molecule is [C-]#[N+]c1ccc2c3ccc(C#N)cc3n(-c3cc(-c4ccc(C(F)(F)F)cc4C#N)cc(-n4c5cc(C#N)ccc5c5ccc([N+]#[C-])cc54)c3C#N)c2c1. The summed E-state index contributed by atoms with van der Waals surface area (Å²) in [6.07, 6.45) is -4.71. The van der Waals surface area contributed by atoms with Gasteiger partial charge in [-0.05, 0) is 71.8 Å². The van der Waals surface area contributed by atoms with Crippen LogP contribution in [0.15, 0.2) is 103 Å². The molecule has 0 atom stereocenters. The first-order valence-corrected chi connectivity index (χ1v) is 16.0. The van der Waals surface area contributed by atoms with Crippen LogP contribution < -0.4 is 0 Å². The number of benzene rings is 6. The first kappa shape index (κ1) is 32.8. The Kier molecular flexibility index (Phi) is 7.39. The van der Waals surface area contributed by atoms with Crippen LogP contribution in [-0.2, 0) is 6.18 Å². The summed E-state index contributed by atoms with van der Waals surface area (Å²) in [4.78, 5) is 7.23. The van der Waals surface area contributed by atoms with Crippen LogP contribution in [0.2, 0.25) is 0 Å². The molecule has 0 aliphatic carbocycles. The van der Waals surface area contributed by atoms with Crippen LogP contribution in [0.3, 0.4) is 0 Å². The van der Waals surface area contributed by atoms with Crippen LogP contribution in [0.4, 0.5) is 24.5 Å². The molecule has 0 aliphatic heterocycles. The van der Waals surface area contributed by atoms with Crippen molar-refractivity contribution in [2.45, 2.75) is 6.18 Å². The average molecular weight is 703 g/mol. The van der Waals surface area contributed by atoms with E-state index < -0.39 is 11.7 Å². The first-order chi connectivity index (χ1) is 26.1. The average Bonchev–Trinajstić information content (AvgIpc) is 3.70. The molecule has 0 fully saturated rings. The summed E-state index contributed by atoms with van der Waals surface area (Å²) < 4.78 is 45.0. The molecule has 2 aromatic heterocycles. The highest BCUT2D eigenvalue weighted by Crippen LogP contribution is 2.43. The molecule has 250 valence electrons. The van der Waals surface area contributed by atoms with Crippen molar-refractivity contribution < 1.29 is 13.2 Å². The van der Waals surface area contributed by atoms with Gasteiger partial charge in [0.2, 0.25) is 0 Å². The summed E-state index contributed by atoms with van der Waals surface area (Å²) in [6.45, 7) is 15.5. The molecule has 0 amide bonds. The molecule has 0 saturated carbocycles. The molecule has 0 N–H and O–H groups in total. The van der Waals surface area contributed by atoms with Gasteiger partial charge in [0.15, 0.2) is 11.4 Å². The minimum atomic E-state index is -4.71. The first-order valence-electron chi connectivity index (χ1n) is 16.0. The normalized spacial score (nSPS) is 11.1. The number of fused-ring (bicyclic) bond motifs is 6. The third-order valence-corrected chi connectivity index (χ3v) is 9.49. The van der Waals surface area contributed by atoms with Gasteiger partial charge >= 0.3 is 6.18 Å². The molecule has 0 spiro atoms. The Labute approximate surface area is 304 Å². The Morgan fingerprint density at radius 2 is 0.981 bits per heavy atom. The predicted octanol–water partition coefficient (Wildman–Crippen LogP) is 11.2. The molecule has 6 aromatic carbocycles. The molecule has 0 radical (unpaired) electrons. The van der Waals surface area contributed by atoms with Gasteiger partial charge in [0.05, 0.1) is 76.0 Å². The quantitative estimate of drug-likeness (QED) is 0.170. The maximum atomic E-state index is 13.8. The van der Waals surface area contributed by atoms with E-state index >= 15 is 0 Å². The van der Waals surface area contributed by atoms with Crippen molar-refractivity contribution in [3.63, 3.8) is 0 Å². The van der Waals surface area contributed by atoms with Crippen molar-refractivity contribution in [1.82, 2.24) is 9.13 Å². The molecule has 2 heterocycles. The van der Waals surface area contributed by atoms with Gasteiger partial charge in [-0.2, -0.15) is 34.2 Å². The van der Waals surface area contributed by atoms with Crippen molar-refractivity contribution in [3.8, 4) is 46.8 Å². The molecular formula is C43H17F3N8. The van der Waals surface area contributed by atoms with E-state index in [0.717, 1.165) is 12.1 Å². The molecule has 8 nitrogen and oxygen atoms in total. The molecule has 8 aromatic rings. The molecule has 0 aliphatic rings. The zero-order valence-corrected chi connectivity index (χ0v) is 27.5. The van der Waals surface area contributed by atoms with Gasteiger partial charge in [0.25, 0.3) is 0 Å². The fraction of sp³-hybridized carbons (Fsp3) is 0.0233. The van der Waals surface area contributed by atoms with Crippen LogP contribution in [0.1, 0.15) is 27.8 Å². The van der Waals surface area contributed by atoms with Gasteiger partial charge in [0.1, 0.15) is 11.6 Å². The number of nitrogens with zero attached hydrogens (tertiary/aromatic N) is 8. The maximum absolute atomic E-state index is 13.8. The topological polar surface area (TPSA) is 114 Å². The zero-order valence-electron chi connectivity index (χ0n) is 27.5. The number of aromatic nitrogens is 2. The molecule has 0 unspecified atom stereocenters. The summed E-state index contributed by atoms with van der Waals surface area (Å²) in [7, 11) is 0. The van der Waals surface area contributed by atoms with Crippen molar-refractivity contribution in [1.29, 1.82) is 21.0 Å². The summed E-state index contributed by atoms with van der Waals surface area (Å²) in [5.74, 6) is 0. The highest BCUT2D eigenvalue weighted by Gasteiger charge is 2.31. The highest BCUT2D eigenvalue weighted by atomic mass is 19.4. The lowest BCUT2D eigenvalue weighted by molar-refractivity contribution is -0.137. The van der Waals surface area contributed by atoms with Gasteiger partial charge < -0.3 is 9.13 Å². The Morgan fingerprint density at radius 1 is 0.519 bits per heavy atom. The predicted molar refractivity (Wildman–Crippen MR) is 197 cm³/mol. The van der Waals surface area contributed by atoms with E-state index in [1.165, 1.54) is 6.07 Å². The van der Waals surface area contributed by atoms with Gasteiger partial charge in [-0.3, -0.25) is 0 Å². The molecule has 8 rings (SSSR count). The van der Waals surface area contributed by atoms with Crippen LogP contribution in [0.25, 0.3) is 75.8 Å². The second-order valence-corrected chi connectivity index (χ2v) is 12.4. The van der Waals surface area contributed by atoms with E-state index in [0.29, 0.717) is 66.1 Å². The number of alkyl halides is 3. The fourth-order valence-corrected chi connectivity index (χ4v) is 7.11. The van der Waals surface area contributed by atoms with Gasteiger partial charge in [-0.15, -0.1) is 0 Å². The maximum Gasteiger partial charge on any atom is 0.416 e. The Hall–Kier alpha value is -8.35. The van der Waals surface area contributed by atoms with E-state index in [4.69, 9.17) is 13.1 Å². The minimum absolute atomic E-state index is 0.0907. The van der Waals surface area contributed by atoms with Crippen LogP contribution in [0.5, 0.6) is 0 Å². The molecule has 0 bridgehead atoms. The van der Waals surface area contributed by atoms with Crippen molar-refractivity contribution in [2.24, 2.45) is 0 Å². The Bertz CT molecular complexity index is 2920. The smallest absolute Gasteiger partial charge is 0.309 e. The number of hydrogen-bond donors (Lipinski definition) is 0. The second kappa shape index (κ2) is 12.2. The number of hydrogen-bond acceptors (Lipinski definition) is 4. The lowest BCUT2D eigenvalue weighted by atomic mass is 9.95. The molecular weight excluding hydrogens is 686 g/mol. The summed E-state index contributed by atoms with van der Waals surface area (Å²) in [5.41, 5.74) is 3.06. The van der Waals surface area contributed by atoms with Crippen molar-refractivity contribution in [2.75, 3.05) is 0 Å². The van der Waals surface area contributed by atoms with E-state index in [-0.39, 0.29) is 33.6 Å². The monoisotopic (exact) mass is 702 g/mol. The summed E-state index contributed by atoms with van der Waals surface area (Å²) in [6, 6.07) is 35.0. The molecule has 54 heavy (non-hydrogen) atoms. The van der Waals surface area contributed by atoms with Crippen LogP contribution in [-0.4, -0.2) is 9.13 Å². The van der Waals surface area contributed by atoms with E-state index in [1.807, 2.05) is 6.07 Å². The summed E-state index contributed by atoms with van der Waals surface area (Å²) in [5, 5.41) is 43.9. The van der Waals surface area contributed by atoms with Crippen molar-refractivity contribution >= 4 is 55.0 Å². The van der Waals surface area contributed by atoms with Gasteiger partial charge in [-0.1, -0.05) is 42.5 Å². The van der Waals surface area contributed by atoms with Gasteiger partial charge in [-0.25, -0.2) is 9.69 Å². The van der Waals surface area contributed by atoms with E-state index in [1.54, 1.807) is 94.1 Å². The van der Waals surface area contributed by atoms with Crippen molar-refractivity contribution in [3.05, 3.63) is 154 Å². The lowest BCUT2D eigenvalue weighted by Gasteiger charge is -2.19. The number of halogens is 3. The van der Waals surface area contributed by atoms with Gasteiger partial charge in [0, 0.05) is 32.6 Å². The highest BCUT2D eigenvalue weighted by molar-refractivity contribution is 6.12. The van der Waals surface area contributed by atoms with Crippen LogP contribution >= 0.6 is 0 Å². The lowest BCUT2D eigenvalue weighted by Crippen LogP contribution is -2.07. The fourth-order valence-electron chi connectivity index (χ4n) is 7.11. The minimum Gasteiger partial charge on any atom is -0.309 e. The molecule has 11 heteroatoms. The second-order valence-electron chi connectivity index (χ2n) is 12.4. The summed E-state index contributed by atoms with van der Waals surface area (Å²) >= 11 is 0. The Morgan fingerprint density at radius 3 is 1.39 bits per heavy atom. The zero-order chi connectivity index (χ0) is 37.9. The third-order valence-electron chi connectivity index (χ3n) is 9.49. The largest absolute Gasteiger partial charge is 0.416 e.